The summed E-state index contributed by atoms with van der Waals surface area (Å²) >= 11 is 0. The first-order valence-corrected chi connectivity index (χ1v) is 8.37. The summed E-state index contributed by atoms with van der Waals surface area (Å²) in [5.74, 6) is 1.54. The fourth-order valence-corrected chi connectivity index (χ4v) is 3.07. The summed E-state index contributed by atoms with van der Waals surface area (Å²) in [5.41, 5.74) is 1.11. The van der Waals surface area contributed by atoms with E-state index in [0.717, 1.165) is 18.2 Å². The molecular formula is C17H29N3O. The molecule has 1 N–H and O–H groups in total. The van der Waals surface area contributed by atoms with E-state index in [4.69, 9.17) is 4.74 Å². The lowest BCUT2D eigenvalue weighted by atomic mass is 9.94. The van der Waals surface area contributed by atoms with Crippen molar-refractivity contribution in [2.24, 2.45) is 5.92 Å². The highest BCUT2D eigenvalue weighted by atomic mass is 16.5. The Bertz CT molecular complexity index is 409. The van der Waals surface area contributed by atoms with Crippen LogP contribution in [-0.4, -0.2) is 42.7 Å². The van der Waals surface area contributed by atoms with Crippen molar-refractivity contribution in [3.63, 3.8) is 0 Å². The molecular weight excluding hydrogens is 262 g/mol. The molecule has 0 amide bonds. The van der Waals surface area contributed by atoms with Gasteiger partial charge in [0, 0.05) is 31.0 Å². The zero-order chi connectivity index (χ0) is 14.9. The topological polar surface area (TPSA) is 37.4 Å². The Morgan fingerprint density at radius 1 is 1.43 bits per heavy atom. The highest BCUT2D eigenvalue weighted by molar-refractivity contribution is 5.44. The highest BCUT2D eigenvalue weighted by Gasteiger charge is 2.18. The van der Waals surface area contributed by atoms with E-state index in [1.54, 1.807) is 6.20 Å². The lowest BCUT2D eigenvalue weighted by Crippen LogP contribution is -2.36. The molecule has 1 atom stereocenters. The maximum Gasteiger partial charge on any atom is 0.215 e. The van der Waals surface area contributed by atoms with Gasteiger partial charge in [0.05, 0.1) is 6.61 Å². The van der Waals surface area contributed by atoms with Crippen LogP contribution in [0.2, 0.25) is 0 Å². The van der Waals surface area contributed by atoms with Crippen LogP contribution in [0.25, 0.3) is 0 Å². The van der Waals surface area contributed by atoms with Gasteiger partial charge in [-0.05, 0) is 57.7 Å². The Kier molecular flexibility index (Phi) is 6.80. The Morgan fingerprint density at radius 2 is 2.33 bits per heavy atom. The second-order valence-electron chi connectivity index (χ2n) is 5.84. The van der Waals surface area contributed by atoms with Crippen molar-refractivity contribution in [3.8, 4) is 5.88 Å². The van der Waals surface area contributed by atoms with Gasteiger partial charge in [0.15, 0.2) is 0 Å². The molecule has 2 rings (SSSR count). The van der Waals surface area contributed by atoms with Gasteiger partial charge in [0.2, 0.25) is 5.88 Å². The smallest absolute Gasteiger partial charge is 0.215 e. The molecule has 0 radical (unpaired) electrons. The van der Waals surface area contributed by atoms with Crippen LogP contribution in [0.3, 0.4) is 0 Å². The Labute approximate surface area is 128 Å². The van der Waals surface area contributed by atoms with Gasteiger partial charge in [0.1, 0.15) is 0 Å². The summed E-state index contributed by atoms with van der Waals surface area (Å²) in [6, 6.07) is 3.99. The van der Waals surface area contributed by atoms with E-state index in [2.05, 4.69) is 22.1 Å². The molecule has 0 unspecified atom stereocenters. The Morgan fingerprint density at radius 3 is 3.14 bits per heavy atom. The predicted octanol–water partition coefficient (Wildman–Crippen LogP) is 3.40. The molecule has 0 spiro atoms. The molecule has 4 heteroatoms. The van der Waals surface area contributed by atoms with E-state index in [1.165, 1.54) is 45.3 Å². The van der Waals surface area contributed by atoms with Crippen LogP contribution in [0.15, 0.2) is 18.3 Å². The van der Waals surface area contributed by atoms with Gasteiger partial charge >= 0.3 is 0 Å². The normalized spacial score (nSPS) is 19.4. The number of anilines is 1. The number of ether oxygens (including phenoxy) is 1. The van der Waals surface area contributed by atoms with E-state index >= 15 is 0 Å². The van der Waals surface area contributed by atoms with Crippen molar-refractivity contribution in [2.75, 3.05) is 38.1 Å². The largest absolute Gasteiger partial charge is 0.478 e. The number of piperidine rings is 1. The van der Waals surface area contributed by atoms with Gasteiger partial charge in [-0.2, -0.15) is 0 Å². The molecule has 118 valence electrons. The third-order valence-electron chi connectivity index (χ3n) is 4.05. The van der Waals surface area contributed by atoms with Gasteiger partial charge in [-0.3, -0.25) is 0 Å². The Balaban J connectivity index is 1.72. The SMILES string of the molecule is CCCN1CCC[C@H](CCNc2ccnc(OCC)c2)C1. The third-order valence-corrected chi connectivity index (χ3v) is 4.05. The minimum Gasteiger partial charge on any atom is -0.478 e. The molecule has 1 aliphatic heterocycles. The van der Waals surface area contributed by atoms with E-state index in [1.807, 2.05) is 19.1 Å². The number of likely N-dealkylation sites (tertiary alicyclic amines) is 1. The lowest BCUT2D eigenvalue weighted by molar-refractivity contribution is 0.171. The minimum absolute atomic E-state index is 0.659. The van der Waals surface area contributed by atoms with Crippen LogP contribution in [-0.2, 0) is 0 Å². The summed E-state index contributed by atoms with van der Waals surface area (Å²) in [7, 11) is 0. The van der Waals surface area contributed by atoms with Crippen molar-refractivity contribution in [1.29, 1.82) is 0 Å². The van der Waals surface area contributed by atoms with E-state index in [0.29, 0.717) is 12.5 Å². The minimum atomic E-state index is 0.659. The molecule has 1 aliphatic rings. The number of hydrogen-bond acceptors (Lipinski definition) is 4. The van der Waals surface area contributed by atoms with Crippen LogP contribution in [0.4, 0.5) is 5.69 Å². The van der Waals surface area contributed by atoms with Gasteiger partial charge in [-0.15, -0.1) is 0 Å². The molecule has 2 heterocycles. The maximum atomic E-state index is 5.43. The van der Waals surface area contributed by atoms with Crippen LogP contribution < -0.4 is 10.1 Å². The third kappa shape index (κ3) is 5.54. The lowest BCUT2D eigenvalue weighted by Gasteiger charge is -2.32. The monoisotopic (exact) mass is 291 g/mol. The van der Waals surface area contributed by atoms with Crippen molar-refractivity contribution < 1.29 is 4.74 Å². The first-order valence-electron chi connectivity index (χ1n) is 8.37. The number of nitrogens with one attached hydrogen (secondary N) is 1. The number of nitrogens with zero attached hydrogens (tertiary/aromatic N) is 2. The number of pyridine rings is 1. The molecule has 0 aromatic carbocycles. The van der Waals surface area contributed by atoms with Crippen LogP contribution in [0.5, 0.6) is 5.88 Å². The van der Waals surface area contributed by atoms with Crippen molar-refractivity contribution in [3.05, 3.63) is 18.3 Å². The van der Waals surface area contributed by atoms with Crippen molar-refractivity contribution in [1.82, 2.24) is 9.88 Å². The van der Waals surface area contributed by atoms with Gasteiger partial charge in [-0.1, -0.05) is 6.92 Å². The summed E-state index contributed by atoms with van der Waals surface area (Å²) in [4.78, 5) is 6.81. The zero-order valence-corrected chi connectivity index (χ0v) is 13.5. The fourth-order valence-electron chi connectivity index (χ4n) is 3.07. The van der Waals surface area contributed by atoms with Gasteiger partial charge in [0.25, 0.3) is 0 Å². The molecule has 1 aromatic rings. The Hall–Kier alpha value is -1.29. The zero-order valence-electron chi connectivity index (χ0n) is 13.5. The standard InChI is InChI=1S/C17H29N3O/c1-3-11-20-12-5-6-15(14-20)7-9-18-16-8-10-19-17(13-16)21-4-2/h8,10,13,15H,3-7,9,11-12,14H2,1-2H3,(H,18,19)/t15-/m1/s1. The molecule has 1 aromatic heterocycles. The second kappa shape index (κ2) is 8.88. The quantitative estimate of drug-likeness (QED) is 0.796. The van der Waals surface area contributed by atoms with E-state index in [-0.39, 0.29) is 0 Å². The van der Waals surface area contributed by atoms with Gasteiger partial charge < -0.3 is 15.0 Å². The van der Waals surface area contributed by atoms with E-state index in [9.17, 15) is 0 Å². The van der Waals surface area contributed by atoms with Crippen LogP contribution in [0, 0.1) is 5.92 Å². The first kappa shape index (κ1) is 16.1. The van der Waals surface area contributed by atoms with Crippen molar-refractivity contribution in [2.45, 2.75) is 39.5 Å². The highest BCUT2D eigenvalue weighted by Crippen LogP contribution is 2.20. The van der Waals surface area contributed by atoms with Crippen LogP contribution >= 0.6 is 0 Å². The van der Waals surface area contributed by atoms with Crippen LogP contribution in [0.1, 0.15) is 39.5 Å². The molecule has 0 bridgehead atoms. The molecule has 21 heavy (non-hydrogen) atoms. The van der Waals surface area contributed by atoms with Crippen molar-refractivity contribution >= 4 is 5.69 Å². The number of rotatable bonds is 8. The molecule has 1 saturated heterocycles. The summed E-state index contributed by atoms with van der Waals surface area (Å²) in [6.07, 6.45) is 7.04. The maximum absolute atomic E-state index is 5.43. The number of hydrogen-bond donors (Lipinski definition) is 1. The number of aromatic nitrogens is 1. The molecule has 1 fully saturated rings. The average Bonchev–Trinajstić information content (AvgIpc) is 2.49. The summed E-state index contributed by atoms with van der Waals surface area (Å²) in [5, 5.41) is 3.50. The predicted molar refractivity (Wildman–Crippen MR) is 88.0 cm³/mol. The molecule has 0 saturated carbocycles. The van der Waals surface area contributed by atoms with E-state index < -0.39 is 0 Å². The second-order valence-corrected chi connectivity index (χ2v) is 5.84. The first-order chi connectivity index (χ1) is 10.3. The summed E-state index contributed by atoms with van der Waals surface area (Å²) < 4.78 is 5.43. The summed E-state index contributed by atoms with van der Waals surface area (Å²) in [6.45, 7) is 9.76. The fraction of sp³-hybridized carbons (Fsp3) is 0.706. The average molecular weight is 291 g/mol. The molecule has 4 nitrogen and oxygen atoms in total. The van der Waals surface area contributed by atoms with Gasteiger partial charge in [-0.25, -0.2) is 4.98 Å². The molecule has 0 aliphatic carbocycles.